The van der Waals surface area contributed by atoms with Crippen LogP contribution in [0.5, 0.6) is 0 Å². The van der Waals surface area contributed by atoms with Gasteiger partial charge in [-0.05, 0) is 24.3 Å². The van der Waals surface area contributed by atoms with Crippen molar-refractivity contribution in [2.75, 3.05) is 0 Å². The Kier molecular flexibility index (Phi) is 6.74. The molecule has 0 unspecified atom stereocenters. The summed E-state index contributed by atoms with van der Waals surface area (Å²) in [5, 5.41) is 26.1. The molecule has 0 amide bonds. The van der Waals surface area contributed by atoms with E-state index in [2.05, 4.69) is 23.7 Å². The van der Waals surface area contributed by atoms with Crippen LogP contribution in [0, 0.1) is 23.7 Å². The number of aliphatic hydroxyl groups is 2. The van der Waals surface area contributed by atoms with Crippen LogP contribution in [-0.4, -0.2) is 33.5 Å². The molecule has 0 aromatic carbocycles. The Bertz CT molecular complexity index is 348. The highest BCUT2D eigenvalue weighted by atomic mass is 16.4. The summed E-state index contributed by atoms with van der Waals surface area (Å²) in [6, 6.07) is 0. The Morgan fingerprint density at radius 2 is 2.07 bits per heavy atom. The minimum Gasteiger partial charge on any atom is -0.479 e. The maximum absolute atomic E-state index is 10.2. The molecule has 0 aliphatic carbocycles. The summed E-state index contributed by atoms with van der Waals surface area (Å²) in [6.07, 6.45) is 0.784. The van der Waals surface area contributed by atoms with Crippen LogP contribution in [0.1, 0.15) is 13.3 Å². The van der Waals surface area contributed by atoms with Crippen LogP contribution >= 0.6 is 0 Å². The van der Waals surface area contributed by atoms with E-state index in [0.29, 0.717) is 0 Å². The second kappa shape index (κ2) is 7.64. The van der Waals surface area contributed by atoms with Gasteiger partial charge in [0.1, 0.15) is 0 Å². The van der Waals surface area contributed by atoms with Gasteiger partial charge in [-0.2, -0.15) is 0 Å². The summed E-state index contributed by atoms with van der Waals surface area (Å²) >= 11 is 0. The van der Waals surface area contributed by atoms with E-state index < -0.39 is 18.2 Å². The summed E-state index contributed by atoms with van der Waals surface area (Å²) in [7, 11) is 0. The minimum absolute atomic E-state index is 0.864. The quantitative estimate of drug-likeness (QED) is 0.560. The van der Waals surface area contributed by atoms with Gasteiger partial charge in [0, 0.05) is 0 Å². The second-order valence-electron chi connectivity index (χ2n) is 2.58. The van der Waals surface area contributed by atoms with E-state index in [1.807, 2.05) is 13.0 Å². The van der Waals surface area contributed by atoms with E-state index in [-0.39, 0.29) is 0 Å². The zero-order valence-corrected chi connectivity index (χ0v) is 8.27. The SMILES string of the molecule is CC/C=C/C#CC#C[C@@H](O)[C@@H](O)C(=O)O. The van der Waals surface area contributed by atoms with Crippen LogP contribution in [0.4, 0.5) is 0 Å². The van der Waals surface area contributed by atoms with E-state index in [1.165, 1.54) is 0 Å². The molecular formula is C11H12O4. The third-order valence-electron chi connectivity index (χ3n) is 1.34. The van der Waals surface area contributed by atoms with Crippen molar-refractivity contribution >= 4 is 5.97 Å². The van der Waals surface area contributed by atoms with E-state index in [0.717, 1.165) is 6.42 Å². The number of hydrogen-bond acceptors (Lipinski definition) is 3. The van der Waals surface area contributed by atoms with Gasteiger partial charge in [-0.3, -0.25) is 0 Å². The number of hydrogen-bond donors (Lipinski definition) is 3. The molecule has 0 aliphatic heterocycles. The highest BCUT2D eigenvalue weighted by Gasteiger charge is 2.21. The third-order valence-corrected chi connectivity index (χ3v) is 1.34. The summed E-state index contributed by atoms with van der Waals surface area (Å²) in [4.78, 5) is 10.2. The molecule has 0 radical (unpaired) electrons. The Morgan fingerprint density at radius 1 is 1.40 bits per heavy atom. The van der Waals surface area contributed by atoms with Gasteiger partial charge in [0.2, 0.25) is 0 Å². The monoisotopic (exact) mass is 208 g/mol. The standard InChI is InChI=1S/C11H12O4/c1-2-3-4-5-6-7-8-9(12)10(13)11(14)15/h3-4,9-10,12-13H,2H2,1H3,(H,14,15)/b4-3+/t9-,10-/m1/s1. The molecule has 0 rings (SSSR count). The third kappa shape index (κ3) is 6.34. The van der Waals surface area contributed by atoms with Gasteiger partial charge in [-0.15, -0.1) is 0 Å². The maximum atomic E-state index is 10.2. The summed E-state index contributed by atoms with van der Waals surface area (Å²) in [5.41, 5.74) is 0. The Labute approximate surface area is 88.2 Å². The van der Waals surface area contributed by atoms with Crippen molar-refractivity contribution in [1.82, 2.24) is 0 Å². The number of carbonyl (C=O) groups is 1. The molecule has 4 nitrogen and oxygen atoms in total. The Balaban J connectivity index is 4.21. The smallest absolute Gasteiger partial charge is 0.336 e. The zero-order valence-electron chi connectivity index (χ0n) is 8.27. The summed E-state index contributed by atoms with van der Waals surface area (Å²) in [6.45, 7) is 1.96. The van der Waals surface area contributed by atoms with Crippen LogP contribution in [0.2, 0.25) is 0 Å². The number of allylic oxidation sites excluding steroid dienone is 2. The molecule has 0 aliphatic rings. The van der Waals surface area contributed by atoms with Gasteiger partial charge in [0.05, 0.1) is 0 Å². The highest BCUT2D eigenvalue weighted by molar-refractivity contribution is 5.73. The van der Waals surface area contributed by atoms with Gasteiger partial charge < -0.3 is 15.3 Å². The number of carboxylic acid groups (broad SMARTS) is 1. The van der Waals surface area contributed by atoms with Crippen molar-refractivity contribution in [3.8, 4) is 23.7 Å². The van der Waals surface area contributed by atoms with Crippen LogP contribution in [0.3, 0.4) is 0 Å². The topological polar surface area (TPSA) is 77.8 Å². The van der Waals surface area contributed by atoms with Crippen molar-refractivity contribution in [3.05, 3.63) is 12.2 Å². The average molecular weight is 208 g/mol. The number of aliphatic carboxylic acids is 1. The van der Waals surface area contributed by atoms with Crippen LogP contribution < -0.4 is 0 Å². The van der Waals surface area contributed by atoms with Crippen LogP contribution in [-0.2, 0) is 4.79 Å². The lowest BCUT2D eigenvalue weighted by Crippen LogP contribution is -2.32. The number of aliphatic hydroxyl groups excluding tert-OH is 2. The molecule has 0 aromatic heterocycles. The largest absolute Gasteiger partial charge is 0.479 e. The van der Waals surface area contributed by atoms with Gasteiger partial charge in [0.15, 0.2) is 12.2 Å². The lowest BCUT2D eigenvalue weighted by atomic mass is 10.2. The lowest BCUT2D eigenvalue weighted by Gasteiger charge is -2.05. The first-order valence-electron chi connectivity index (χ1n) is 4.34. The van der Waals surface area contributed by atoms with E-state index in [9.17, 15) is 4.79 Å². The molecule has 4 heteroatoms. The van der Waals surface area contributed by atoms with Crippen molar-refractivity contribution in [3.63, 3.8) is 0 Å². The Morgan fingerprint density at radius 3 is 2.60 bits per heavy atom. The highest BCUT2D eigenvalue weighted by Crippen LogP contribution is 1.90. The van der Waals surface area contributed by atoms with Crippen molar-refractivity contribution in [2.45, 2.75) is 25.6 Å². The van der Waals surface area contributed by atoms with Crippen LogP contribution in [0.15, 0.2) is 12.2 Å². The van der Waals surface area contributed by atoms with Crippen molar-refractivity contribution < 1.29 is 20.1 Å². The van der Waals surface area contributed by atoms with E-state index >= 15 is 0 Å². The fourth-order valence-electron chi connectivity index (χ4n) is 0.579. The molecule has 0 saturated carbocycles. The predicted octanol–water partition coefficient (Wildman–Crippen LogP) is -0.234. The number of carboxylic acids is 1. The molecule has 2 atom stereocenters. The molecule has 0 aromatic rings. The molecular weight excluding hydrogens is 196 g/mol. The van der Waals surface area contributed by atoms with Gasteiger partial charge in [-0.1, -0.05) is 24.8 Å². The molecule has 80 valence electrons. The lowest BCUT2D eigenvalue weighted by molar-refractivity contribution is -0.150. The maximum Gasteiger partial charge on any atom is 0.336 e. The average Bonchev–Trinajstić information content (AvgIpc) is 2.21. The van der Waals surface area contributed by atoms with Crippen LogP contribution in [0.25, 0.3) is 0 Å². The van der Waals surface area contributed by atoms with Gasteiger partial charge in [0.25, 0.3) is 0 Å². The predicted molar refractivity (Wildman–Crippen MR) is 54.6 cm³/mol. The fraction of sp³-hybridized carbons (Fsp3) is 0.364. The first kappa shape index (κ1) is 13.2. The normalized spacial score (nSPS) is 13.3. The molecule has 0 bridgehead atoms. The molecule has 15 heavy (non-hydrogen) atoms. The second-order valence-corrected chi connectivity index (χ2v) is 2.58. The summed E-state index contributed by atoms with van der Waals surface area (Å²) in [5.74, 6) is 7.78. The molecule has 0 fully saturated rings. The zero-order chi connectivity index (χ0) is 11.7. The Hall–Kier alpha value is -1.75. The van der Waals surface area contributed by atoms with E-state index in [1.54, 1.807) is 6.08 Å². The molecule has 3 N–H and O–H groups in total. The van der Waals surface area contributed by atoms with Crippen molar-refractivity contribution in [1.29, 1.82) is 0 Å². The van der Waals surface area contributed by atoms with Gasteiger partial charge >= 0.3 is 5.97 Å². The minimum atomic E-state index is -1.90. The molecule has 0 spiro atoms. The molecule has 0 heterocycles. The fourth-order valence-corrected chi connectivity index (χ4v) is 0.579. The first-order valence-corrected chi connectivity index (χ1v) is 4.34. The summed E-state index contributed by atoms with van der Waals surface area (Å²) < 4.78 is 0. The van der Waals surface area contributed by atoms with Gasteiger partial charge in [-0.25, -0.2) is 4.79 Å². The first-order chi connectivity index (χ1) is 7.09. The number of rotatable bonds is 3. The molecule has 0 saturated heterocycles. The van der Waals surface area contributed by atoms with E-state index in [4.69, 9.17) is 15.3 Å². The van der Waals surface area contributed by atoms with Crippen molar-refractivity contribution in [2.24, 2.45) is 0 Å².